The van der Waals surface area contributed by atoms with Gasteiger partial charge >= 0.3 is 6.03 Å². The zero-order valence-electron chi connectivity index (χ0n) is 11.6. The Morgan fingerprint density at radius 3 is 2.38 bits per heavy atom. The van der Waals surface area contributed by atoms with Gasteiger partial charge in [0.2, 0.25) is 0 Å². The van der Waals surface area contributed by atoms with Crippen molar-refractivity contribution in [3.8, 4) is 0 Å². The summed E-state index contributed by atoms with van der Waals surface area (Å²) in [7, 11) is 0. The van der Waals surface area contributed by atoms with E-state index in [9.17, 15) is 9.59 Å². The summed E-state index contributed by atoms with van der Waals surface area (Å²) < 4.78 is 2.49. The van der Waals surface area contributed by atoms with E-state index in [1.165, 1.54) is 11.9 Å². The minimum Gasteiger partial charge on any atom is -0.351 e. The molecule has 2 aromatic rings. The van der Waals surface area contributed by atoms with Gasteiger partial charge in [-0.3, -0.25) is 9.52 Å². The molecule has 0 aliphatic carbocycles. The molecule has 5 heteroatoms. The van der Waals surface area contributed by atoms with Crippen LogP contribution in [0.2, 0.25) is 0 Å². The van der Waals surface area contributed by atoms with Gasteiger partial charge in [-0.05, 0) is 30.5 Å². The van der Waals surface area contributed by atoms with Crippen LogP contribution >= 0.6 is 11.9 Å². The maximum absolute atomic E-state index is 12.4. The highest BCUT2D eigenvalue weighted by Crippen LogP contribution is 2.26. The highest BCUT2D eigenvalue weighted by Gasteiger charge is 2.12. The molecule has 3 N–H and O–H groups in total. The third kappa shape index (κ3) is 4.10. The van der Waals surface area contributed by atoms with Gasteiger partial charge in [-0.25, -0.2) is 4.79 Å². The fourth-order valence-electron chi connectivity index (χ4n) is 1.90. The normalized spacial score (nSPS) is 11.7. The lowest BCUT2D eigenvalue weighted by Crippen LogP contribution is -2.23. The first kappa shape index (κ1) is 15.1. The van der Waals surface area contributed by atoms with E-state index in [2.05, 4.69) is 4.72 Å². The van der Waals surface area contributed by atoms with Crippen LogP contribution in [0, 0.1) is 0 Å². The summed E-state index contributed by atoms with van der Waals surface area (Å²) >= 11 is 1.22. The summed E-state index contributed by atoms with van der Waals surface area (Å²) in [6, 6.07) is 16.0. The number of urea groups is 1. The second-order valence-corrected chi connectivity index (χ2v) is 5.69. The van der Waals surface area contributed by atoms with Gasteiger partial charge < -0.3 is 5.73 Å². The molecule has 2 aromatic carbocycles. The minimum absolute atomic E-state index is 0.000948. The third-order valence-corrected chi connectivity index (χ3v) is 3.94. The average Bonchev–Trinajstić information content (AvgIpc) is 2.52. The van der Waals surface area contributed by atoms with Crippen molar-refractivity contribution in [3.05, 3.63) is 71.3 Å². The predicted octanol–water partition coefficient (Wildman–Crippen LogP) is 3.30. The fraction of sp³-hybridized carbons (Fsp3) is 0.125. The number of hydrogen-bond acceptors (Lipinski definition) is 3. The molecule has 0 saturated heterocycles. The molecular weight excluding hydrogens is 284 g/mol. The number of benzene rings is 2. The van der Waals surface area contributed by atoms with E-state index >= 15 is 0 Å². The standard InChI is InChI=1S/C16H16N2O2S/c1-11(21-18-16(17)20)13-8-5-9-14(10-13)15(19)12-6-3-2-4-7-12/h2-11H,1H3,(H3,17,18,20)/t11-/m1/s1. The predicted molar refractivity (Wildman–Crippen MR) is 85.0 cm³/mol. The van der Waals surface area contributed by atoms with Crippen LogP contribution in [0.3, 0.4) is 0 Å². The molecule has 108 valence electrons. The number of amides is 2. The maximum Gasteiger partial charge on any atom is 0.322 e. The highest BCUT2D eigenvalue weighted by molar-refractivity contribution is 7.98. The number of hydrogen-bond donors (Lipinski definition) is 2. The average molecular weight is 300 g/mol. The van der Waals surface area contributed by atoms with E-state index < -0.39 is 6.03 Å². The van der Waals surface area contributed by atoms with Crippen LogP contribution in [-0.4, -0.2) is 11.8 Å². The van der Waals surface area contributed by atoms with E-state index in [4.69, 9.17) is 5.73 Å². The molecule has 0 bridgehead atoms. The van der Waals surface area contributed by atoms with Crippen molar-refractivity contribution in [2.45, 2.75) is 12.2 Å². The van der Waals surface area contributed by atoms with Crippen LogP contribution in [0.5, 0.6) is 0 Å². The van der Waals surface area contributed by atoms with E-state index in [1.54, 1.807) is 18.2 Å². The van der Waals surface area contributed by atoms with E-state index in [-0.39, 0.29) is 11.0 Å². The molecule has 0 spiro atoms. The lowest BCUT2D eigenvalue weighted by Gasteiger charge is -2.12. The maximum atomic E-state index is 12.4. The smallest absolute Gasteiger partial charge is 0.322 e. The Kier molecular flexibility index (Phi) is 5.00. The second kappa shape index (κ2) is 6.95. The lowest BCUT2D eigenvalue weighted by molar-refractivity contribution is 0.103. The molecular formula is C16H16N2O2S. The Morgan fingerprint density at radius 2 is 1.71 bits per heavy atom. The quantitative estimate of drug-likeness (QED) is 0.657. The van der Waals surface area contributed by atoms with E-state index in [1.807, 2.05) is 43.3 Å². The molecule has 0 aliphatic rings. The SMILES string of the molecule is C[C@@H](SNC(N)=O)c1cccc(C(=O)c2ccccc2)c1. The Balaban J connectivity index is 2.18. The molecule has 4 nitrogen and oxygen atoms in total. The Hall–Kier alpha value is -2.27. The largest absolute Gasteiger partial charge is 0.351 e. The summed E-state index contributed by atoms with van der Waals surface area (Å²) in [6.45, 7) is 1.94. The van der Waals surface area contributed by atoms with Crippen LogP contribution in [0.1, 0.15) is 33.7 Å². The number of carbonyl (C=O) groups excluding carboxylic acids is 2. The molecule has 2 rings (SSSR count). The van der Waals surface area contributed by atoms with Crippen LogP contribution in [0.25, 0.3) is 0 Å². The van der Waals surface area contributed by atoms with Crippen molar-refractivity contribution in [3.63, 3.8) is 0 Å². The number of ketones is 1. The molecule has 0 aliphatic heterocycles. The highest BCUT2D eigenvalue weighted by atomic mass is 32.2. The number of nitrogens with two attached hydrogens (primary N) is 1. The molecule has 0 heterocycles. The van der Waals surface area contributed by atoms with Crippen molar-refractivity contribution in [1.29, 1.82) is 0 Å². The minimum atomic E-state index is -0.580. The molecule has 0 aromatic heterocycles. The first-order valence-corrected chi connectivity index (χ1v) is 7.36. The van der Waals surface area contributed by atoms with Crippen LogP contribution in [-0.2, 0) is 0 Å². The van der Waals surface area contributed by atoms with Gasteiger partial charge in [0.1, 0.15) is 0 Å². The monoisotopic (exact) mass is 300 g/mol. The summed E-state index contributed by atoms with van der Waals surface area (Å²) in [4.78, 5) is 23.1. The van der Waals surface area contributed by atoms with Crippen molar-refractivity contribution < 1.29 is 9.59 Å². The zero-order valence-corrected chi connectivity index (χ0v) is 12.4. The number of rotatable bonds is 5. The number of nitrogens with one attached hydrogen (secondary N) is 1. The Labute approximate surface area is 127 Å². The van der Waals surface area contributed by atoms with Gasteiger partial charge in [0.05, 0.1) is 0 Å². The molecule has 0 saturated carbocycles. The van der Waals surface area contributed by atoms with Crippen LogP contribution < -0.4 is 10.5 Å². The second-order valence-electron chi connectivity index (χ2n) is 4.55. The summed E-state index contributed by atoms with van der Waals surface area (Å²) in [6.07, 6.45) is 0. The van der Waals surface area contributed by atoms with Gasteiger partial charge in [-0.2, -0.15) is 0 Å². The first-order valence-electron chi connectivity index (χ1n) is 6.48. The lowest BCUT2D eigenvalue weighted by atomic mass is 10.0. The topological polar surface area (TPSA) is 72.2 Å². The Bertz CT molecular complexity index is 644. The Morgan fingerprint density at radius 1 is 1.05 bits per heavy atom. The van der Waals surface area contributed by atoms with Crippen molar-refractivity contribution in [1.82, 2.24) is 4.72 Å². The molecule has 2 amide bonds. The van der Waals surface area contributed by atoms with E-state index in [0.717, 1.165) is 5.56 Å². The molecule has 0 radical (unpaired) electrons. The van der Waals surface area contributed by atoms with Crippen molar-refractivity contribution >= 4 is 23.8 Å². The molecule has 0 unspecified atom stereocenters. The summed E-state index contributed by atoms with van der Waals surface area (Å²) in [5.74, 6) is -0.0162. The van der Waals surface area contributed by atoms with Gasteiger partial charge in [-0.15, -0.1) is 0 Å². The van der Waals surface area contributed by atoms with Crippen LogP contribution in [0.15, 0.2) is 54.6 Å². The summed E-state index contributed by atoms with van der Waals surface area (Å²) in [5, 5.41) is 0.000948. The summed E-state index contributed by atoms with van der Waals surface area (Å²) in [5.41, 5.74) is 7.29. The van der Waals surface area contributed by atoms with Gasteiger partial charge in [-0.1, -0.05) is 48.5 Å². The fourth-order valence-corrected chi connectivity index (χ4v) is 2.48. The van der Waals surface area contributed by atoms with Crippen molar-refractivity contribution in [2.24, 2.45) is 5.73 Å². The number of carbonyl (C=O) groups is 2. The van der Waals surface area contributed by atoms with Gasteiger partial charge in [0.25, 0.3) is 0 Å². The molecule has 0 fully saturated rings. The van der Waals surface area contributed by atoms with Gasteiger partial charge in [0, 0.05) is 16.4 Å². The number of primary amides is 1. The first-order chi connectivity index (χ1) is 10.1. The van der Waals surface area contributed by atoms with Crippen LogP contribution in [0.4, 0.5) is 4.79 Å². The molecule has 1 atom stereocenters. The van der Waals surface area contributed by atoms with Gasteiger partial charge in [0.15, 0.2) is 5.78 Å². The third-order valence-electron chi connectivity index (χ3n) is 2.99. The molecule has 21 heavy (non-hydrogen) atoms. The zero-order chi connectivity index (χ0) is 15.2. The van der Waals surface area contributed by atoms with E-state index in [0.29, 0.717) is 11.1 Å². The van der Waals surface area contributed by atoms with Crippen molar-refractivity contribution in [2.75, 3.05) is 0 Å².